The maximum atomic E-state index is 13.5. The first kappa shape index (κ1) is 21.2. The zero-order chi connectivity index (χ0) is 23.4. The van der Waals surface area contributed by atoms with Crippen molar-refractivity contribution < 1.29 is 41.0 Å². The Bertz CT molecular complexity index is 1250. The van der Waals surface area contributed by atoms with Gasteiger partial charge >= 0.3 is 12.5 Å². The third kappa shape index (κ3) is 3.98. The second-order valence-electron chi connectivity index (χ2n) is 7.60. The van der Waals surface area contributed by atoms with Crippen molar-refractivity contribution in [2.24, 2.45) is 0 Å². The summed E-state index contributed by atoms with van der Waals surface area (Å²) in [5.74, 6) is -0.338. The van der Waals surface area contributed by atoms with Gasteiger partial charge in [0, 0.05) is 18.1 Å². The number of halogens is 5. The number of fused-ring (bicyclic) bond motifs is 2. The van der Waals surface area contributed by atoms with E-state index in [2.05, 4.69) is 14.6 Å². The fraction of sp³-hybridized carbons (Fsp3) is 0.273. The largest absolute Gasteiger partial charge is 0.586 e. The summed E-state index contributed by atoms with van der Waals surface area (Å²) in [4.78, 5) is 12.4. The topological polar surface area (TPSA) is 62.6 Å². The van der Waals surface area contributed by atoms with Gasteiger partial charge in [0.05, 0.1) is 5.69 Å². The van der Waals surface area contributed by atoms with Crippen LogP contribution in [0.25, 0.3) is 5.69 Å². The molecule has 1 aliphatic carbocycles. The minimum atomic E-state index is -4.68. The van der Waals surface area contributed by atoms with Crippen molar-refractivity contribution in [3.8, 4) is 22.9 Å². The number of ketones is 1. The lowest BCUT2D eigenvalue weighted by atomic mass is 9.94. The maximum Gasteiger partial charge on any atom is 0.586 e. The Labute approximate surface area is 183 Å². The molecular weight excluding hydrogens is 451 g/mol. The van der Waals surface area contributed by atoms with Crippen molar-refractivity contribution >= 4 is 5.78 Å². The highest BCUT2D eigenvalue weighted by atomic mass is 19.4. The van der Waals surface area contributed by atoms with E-state index in [0.29, 0.717) is 12.0 Å². The zero-order valence-corrected chi connectivity index (χ0v) is 16.8. The monoisotopic (exact) mass is 466 g/mol. The highest BCUT2D eigenvalue weighted by Crippen LogP contribution is 2.41. The molecule has 3 aromatic rings. The molecule has 2 aromatic carbocycles. The van der Waals surface area contributed by atoms with Gasteiger partial charge in [0.1, 0.15) is 18.1 Å². The molecule has 0 bridgehead atoms. The van der Waals surface area contributed by atoms with E-state index in [0.717, 1.165) is 4.68 Å². The van der Waals surface area contributed by atoms with Gasteiger partial charge in [-0.1, -0.05) is 12.1 Å². The van der Waals surface area contributed by atoms with Crippen molar-refractivity contribution in [3.05, 3.63) is 65.0 Å². The lowest BCUT2D eigenvalue weighted by Gasteiger charge is -2.14. The highest BCUT2D eigenvalue weighted by molar-refractivity contribution is 5.97. The molecule has 2 aliphatic rings. The lowest BCUT2D eigenvalue weighted by molar-refractivity contribution is -0.286. The number of hydrogen-bond donors (Lipinski definition) is 0. The Morgan fingerprint density at radius 1 is 1.06 bits per heavy atom. The second-order valence-corrected chi connectivity index (χ2v) is 7.60. The van der Waals surface area contributed by atoms with Crippen LogP contribution in [0.15, 0.2) is 42.5 Å². The Morgan fingerprint density at radius 3 is 2.64 bits per heavy atom. The molecule has 6 nitrogen and oxygen atoms in total. The fourth-order valence-electron chi connectivity index (χ4n) is 3.89. The van der Waals surface area contributed by atoms with E-state index in [9.17, 15) is 26.7 Å². The number of Topliss-reactive ketones (excluding diaryl/α,β-unsaturated/α-hetero) is 1. The number of carbonyl (C=O) groups is 1. The average Bonchev–Trinajstić information content (AvgIpc) is 3.29. The van der Waals surface area contributed by atoms with E-state index in [1.54, 1.807) is 12.1 Å². The average molecular weight is 466 g/mol. The molecule has 0 unspecified atom stereocenters. The summed E-state index contributed by atoms with van der Waals surface area (Å²) in [5, 5.41) is 3.71. The molecule has 0 fully saturated rings. The Balaban J connectivity index is 1.41. The molecule has 11 heteroatoms. The van der Waals surface area contributed by atoms with Gasteiger partial charge in [-0.25, -0.2) is 4.68 Å². The molecule has 0 spiro atoms. The van der Waals surface area contributed by atoms with Gasteiger partial charge in [-0.05, 0) is 42.7 Å². The molecule has 1 aliphatic heterocycles. The van der Waals surface area contributed by atoms with Crippen LogP contribution in [0.4, 0.5) is 22.0 Å². The summed E-state index contributed by atoms with van der Waals surface area (Å²) >= 11 is 0. The van der Waals surface area contributed by atoms with Crippen LogP contribution < -0.4 is 14.2 Å². The molecule has 5 rings (SSSR count). The number of aromatic nitrogens is 2. The number of carbonyl (C=O) groups excluding carboxylic acids is 1. The van der Waals surface area contributed by atoms with Crippen LogP contribution in [0, 0.1) is 0 Å². The quantitative estimate of drug-likeness (QED) is 0.488. The van der Waals surface area contributed by atoms with Crippen molar-refractivity contribution in [2.75, 3.05) is 0 Å². The van der Waals surface area contributed by atoms with E-state index in [4.69, 9.17) is 4.74 Å². The predicted octanol–water partition coefficient (Wildman–Crippen LogP) is 5.31. The van der Waals surface area contributed by atoms with Gasteiger partial charge in [0.2, 0.25) is 0 Å². The number of nitrogens with zero attached hydrogens (tertiary/aromatic N) is 2. The third-order valence-electron chi connectivity index (χ3n) is 5.28. The number of alkyl halides is 5. The number of hydrogen-bond acceptors (Lipinski definition) is 5. The van der Waals surface area contributed by atoms with Crippen LogP contribution in [-0.2, 0) is 19.2 Å². The first-order chi connectivity index (χ1) is 15.6. The van der Waals surface area contributed by atoms with Gasteiger partial charge in [-0.15, -0.1) is 8.78 Å². The van der Waals surface area contributed by atoms with Crippen molar-refractivity contribution in [3.63, 3.8) is 0 Å². The smallest absolute Gasteiger partial charge is 0.489 e. The van der Waals surface area contributed by atoms with Crippen LogP contribution in [0.2, 0.25) is 0 Å². The van der Waals surface area contributed by atoms with Crippen molar-refractivity contribution in [1.82, 2.24) is 9.78 Å². The van der Waals surface area contributed by atoms with Gasteiger partial charge in [0.25, 0.3) is 0 Å². The molecular formula is C22H15F5N2O4. The Kier molecular flexibility index (Phi) is 4.80. The fourth-order valence-corrected chi connectivity index (χ4v) is 3.89. The van der Waals surface area contributed by atoms with Crippen LogP contribution in [0.1, 0.15) is 40.2 Å². The lowest BCUT2D eigenvalue weighted by Crippen LogP contribution is -2.25. The zero-order valence-electron chi connectivity index (χ0n) is 16.8. The molecule has 33 heavy (non-hydrogen) atoms. The molecule has 172 valence electrons. The first-order valence-electron chi connectivity index (χ1n) is 9.95. The van der Waals surface area contributed by atoms with Crippen molar-refractivity contribution in [2.45, 2.75) is 38.3 Å². The van der Waals surface area contributed by atoms with Crippen LogP contribution in [-0.4, -0.2) is 21.9 Å². The standard InChI is InChI=1S/C22H15F5N2O4/c23-21(24,25)20-15-5-2-6-16(30)19(15)29(28-20)13-3-1-4-14(10-13)31-11-12-7-8-17-18(9-12)33-22(26,27)32-17/h1,3-4,7-10H,2,5-6,11H2. The highest BCUT2D eigenvalue weighted by Gasteiger charge is 2.43. The number of rotatable bonds is 4. The predicted molar refractivity (Wildman–Crippen MR) is 103 cm³/mol. The molecule has 0 saturated heterocycles. The maximum absolute atomic E-state index is 13.5. The first-order valence-corrected chi connectivity index (χ1v) is 9.95. The molecule has 0 atom stereocenters. The van der Waals surface area contributed by atoms with Crippen LogP contribution >= 0.6 is 0 Å². The van der Waals surface area contributed by atoms with E-state index in [1.807, 2.05) is 0 Å². The minimum absolute atomic E-state index is 0.0321. The summed E-state index contributed by atoms with van der Waals surface area (Å²) in [6.07, 6.45) is -7.81. The van der Waals surface area contributed by atoms with Gasteiger partial charge < -0.3 is 14.2 Å². The summed E-state index contributed by atoms with van der Waals surface area (Å²) in [6.45, 7) is -0.0321. The molecule has 0 saturated carbocycles. The van der Waals surface area contributed by atoms with Gasteiger partial charge in [-0.3, -0.25) is 4.79 Å². The third-order valence-corrected chi connectivity index (χ3v) is 5.28. The van der Waals surface area contributed by atoms with Crippen molar-refractivity contribution in [1.29, 1.82) is 0 Å². The Morgan fingerprint density at radius 2 is 1.85 bits per heavy atom. The van der Waals surface area contributed by atoms with E-state index in [1.165, 1.54) is 30.3 Å². The van der Waals surface area contributed by atoms with Crippen LogP contribution in [0.5, 0.6) is 17.2 Å². The van der Waals surface area contributed by atoms with Gasteiger partial charge in [0.15, 0.2) is 23.0 Å². The molecule has 1 aromatic heterocycles. The van der Waals surface area contributed by atoms with E-state index in [-0.39, 0.29) is 53.6 Å². The normalized spacial score (nSPS) is 16.6. The second kappa shape index (κ2) is 7.46. The summed E-state index contributed by atoms with van der Waals surface area (Å²) in [7, 11) is 0. The van der Waals surface area contributed by atoms with Crippen LogP contribution in [0.3, 0.4) is 0 Å². The molecule has 0 radical (unpaired) electrons. The van der Waals surface area contributed by atoms with E-state index >= 15 is 0 Å². The van der Waals surface area contributed by atoms with Gasteiger partial charge in [-0.2, -0.15) is 18.3 Å². The molecule has 0 amide bonds. The molecule has 2 heterocycles. The summed E-state index contributed by atoms with van der Waals surface area (Å²) in [6, 6.07) is 10.3. The summed E-state index contributed by atoms with van der Waals surface area (Å²) in [5.41, 5.74) is -0.482. The Hall–Kier alpha value is -3.63. The minimum Gasteiger partial charge on any atom is -0.489 e. The summed E-state index contributed by atoms with van der Waals surface area (Å²) < 4.78 is 82.2. The SMILES string of the molecule is O=C1CCCc2c(C(F)(F)F)nn(-c3cccc(OCc4ccc5c(c4)OC(F)(F)O5)c3)c21. The van der Waals surface area contributed by atoms with E-state index < -0.39 is 23.9 Å². The number of ether oxygens (including phenoxy) is 3. The molecule has 0 N–H and O–H groups in total. The number of benzene rings is 2.